The zero-order chi connectivity index (χ0) is 16.7. The Hall–Kier alpha value is -3.42. The van der Waals surface area contributed by atoms with Crippen LogP contribution in [0.25, 0.3) is 17.3 Å². The lowest BCUT2D eigenvalue weighted by atomic mass is 10.3. The van der Waals surface area contributed by atoms with Crippen LogP contribution in [0.3, 0.4) is 0 Å². The fourth-order valence-electron chi connectivity index (χ4n) is 2.50. The van der Waals surface area contributed by atoms with Gasteiger partial charge in [-0.3, -0.25) is 9.20 Å². The molecular weight excluding hydrogens is 312 g/mol. The number of hydrogen-bond acceptors (Lipinski definition) is 6. The normalized spacial score (nSPS) is 11.2. The summed E-state index contributed by atoms with van der Waals surface area (Å²) < 4.78 is 12.8. The highest BCUT2D eigenvalue weighted by Gasteiger charge is 2.14. The Labute approximate surface area is 134 Å². The highest BCUT2D eigenvalue weighted by molar-refractivity contribution is 5.42. The van der Waals surface area contributed by atoms with E-state index in [-0.39, 0.29) is 18.0 Å². The van der Waals surface area contributed by atoms with E-state index < -0.39 is 5.76 Å². The van der Waals surface area contributed by atoms with Gasteiger partial charge in [-0.15, -0.1) is 5.10 Å². The summed E-state index contributed by atoms with van der Waals surface area (Å²) in [4.78, 5) is 28.6. The van der Waals surface area contributed by atoms with E-state index >= 15 is 0 Å². The van der Waals surface area contributed by atoms with Crippen molar-refractivity contribution in [2.45, 2.75) is 13.5 Å². The van der Waals surface area contributed by atoms with Gasteiger partial charge in [0.25, 0.3) is 11.4 Å². The summed E-state index contributed by atoms with van der Waals surface area (Å²) in [5.41, 5.74) is 1.51. The van der Waals surface area contributed by atoms with E-state index in [1.165, 1.54) is 16.7 Å². The summed E-state index contributed by atoms with van der Waals surface area (Å²) in [5, 5.41) is 4.07. The second-order valence-electron chi connectivity index (χ2n) is 5.25. The molecule has 8 nitrogen and oxygen atoms in total. The van der Waals surface area contributed by atoms with Gasteiger partial charge in [0.2, 0.25) is 0 Å². The molecule has 4 rings (SSSR count). The van der Waals surface area contributed by atoms with Gasteiger partial charge in [0.1, 0.15) is 5.65 Å². The molecule has 4 heterocycles. The zero-order valence-corrected chi connectivity index (χ0v) is 12.7. The maximum atomic E-state index is 12.3. The SMILES string of the molecule is Cc1cccc2nc(Cn3nc(-c4ccco4)oc3=O)cc(=O)n12. The van der Waals surface area contributed by atoms with Crippen LogP contribution >= 0.6 is 0 Å². The van der Waals surface area contributed by atoms with Crippen LogP contribution in [0.2, 0.25) is 0 Å². The molecule has 0 bridgehead atoms. The van der Waals surface area contributed by atoms with Gasteiger partial charge >= 0.3 is 5.76 Å². The van der Waals surface area contributed by atoms with Crippen LogP contribution in [-0.4, -0.2) is 19.2 Å². The standard InChI is InChI=1S/C16H12N4O4/c1-10-4-2-6-13-17-11(8-14(21)20(10)13)9-19-16(22)24-15(18-19)12-5-3-7-23-12/h2-8H,9H2,1H3. The maximum Gasteiger partial charge on any atom is 0.437 e. The third kappa shape index (κ3) is 2.34. The van der Waals surface area contributed by atoms with E-state index in [0.717, 1.165) is 10.4 Å². The Morgan fingerprint density at radius 2 is 2.04 bits per heavy atom. The molecule has 0 atom stereocenters. The molecule has 0 spiro atoms. The van der Waals surface area contributed by atoms with Crippen molar-refractivity contribution in [2.24, 2.45) is 0 Å². The van der Waals surface area contributed by atoms with Gasteiger partial charge in [-0.05, 0) is 31.2 Å². The average molecular weight is 324 g/mol. The van der Waals surface area contributed by atoms with E-state index in [0.29, 0.717) is 17.1 Å². The number of aromatic nitrogens is 4. The molecule has 0 fully saturated rings. The molecule has 0 radical (unpaired) electrons. The van der Waals surface area contributed by atoms with Crippen LogP contribution in [0.4, 0.5) is 0 Å². The third-order valence-corrected chi connectivity index (χ3v) is 3.58. The van der Waals surface area contributed by atoms with E-state index in [9.17, 15) is 9.59 Å². The largest absolute Gasteiger partial charge is 0.459 e. The molecule has 0 amide bonds. The third-order valence-electron chi connectivity index (χ3n) is 3.58. The van der Waals surface area contributed by atoms with Crippen molar-refractivity contribution in [1.29, 1.82) is 0 Å². The van der Waals surface area contributed by atoms with Gasteiger partial charge < -0.3 is 8.83 Å². The predicted octanol–water partition coefficient (Wildman–Crippen LogP) is 1.46. The lowest BCUT2D eigenvalue weighted by Gasteiger charge is -2.05. The fourth-order valence-corrected chi connectivity index (χ4v) is 2.50. The van der Waals surface area contributed by atoms with E-state index in [4.69, 9.17) is 8.83 Å². The minimum Gasteiger partial charge on any atom is -0.459 e. The molecule has 8 heteroatoms. The van der Waals surface area contributed by atoms with Crippen molar-refractivity contribution < 1.29 is 8.83 Å². The van der Waals surface area contributed by atoms with Crippen LogP contribution < -0.4 is 11.3 Å². The van der Waals surface area contributed by atoms with E-state index in [2.05, 4.69) is 10.1 Å². The number of aryl methyl sites for hydroxylation is 1. The van der Waals surface area contributed by atoms with Crippen LogP contribution in [0, 0.1) is 6.92 Å². The Morgan fingerprint density at radius 1 is 1.17 bits per heavy atom. The summed E-state index contributed by atoms with van der Waals surface area (Å²) in [5.74, 6) is -0.209. The van der Waals surface area contributed by atoms with Gasteiger partial charge in [-0.2, -0.15) is 4.68 Å². The highest BCUT2D eigenvalue weighted by atomic mass is 16.4. The second-order valence-corrected chi connectivity index (χ2v) is 5.25. The average Bonchev–Trinajstić information content (AvgIpc) is 3.17. The number of pyridine rings is 1. The maximum absolute atomic E-state index is 12.3. The fraction of sp³-hybridized carbons (Fsp3) is 0.125. The minimum atomic E-state index is -0.646. The summed E-state index contributed by atoms with van der Waals surface area (Å²) in [6, 6.07) is 10.1. The first-order valence-corrected chi connectivity index (χ1v) is 7.22. The van der Waals surface area contributed by atoms with Crippen molar-refractivity contribution in [3.63, 3.8) is 0 Å². The van der Waals surface area contributed by atoms with Crippen LogP contribution in [-0.2, 0) is 6.54 Å². The quantitative estimate of drug-likeness (QED) is 0.566. The Morgan fingerprint density at radius 3 is 2.83 bits per heavy atom. The van der Waals surface area contributed by atoms with Crippen LogP contribution in [0.5, 0.6) is 0 Å². The monoisotopic (exact) mass is 324 g/mol. The van der Waals surface area contributed by atoms with Crippen molar-refractivity contribution in [2.75, 3.05) is 0 Å². The lowest BCUT2D eigenvalue weighted by Crippen LogP contribution is -2.22. The highest BCUT2D eigenvalue weighted by Crippen LogP contribution is 2.15. The molecule has 0 N–H and O–H groups in total. The van der Waals surface area contributed by atoms with E-state index in [1.54, 1.807) is 18.2 Å². The lowest BCUT2D eigenvalue weighted by molar-refractivity contribution is 0.475. The molecular formula is C16H12N4O4. The number of fused-ring (bicyclic) bond motifs is 1. The minimum absolute atomic E-state index is 0.0305. The van der Waals surface area contributed by atoms with Gasteiger partial charge in [-0.1, -0.05) is 6.07 Å². The zero-order valence-electron chi connectivity index (χ0n) is 12.7. The molecule has 0 aliphatic heterocycles. The first kappa shape index (κ1) is 14.2. The molecule has 0 aliphatic rings. The predicted molar refractivity (Wildman–Crippen MR) is 83.8 cm³/mol. The van der Waals surface area contributed by atoms with Gasteiger partial charge in [0.15, 0.2) is 5.76 Å². The molecule has 24 heavy (non-hydrogen) atoms. The summed E-state index contributed by atoms with van der Waals surface area (Å²) in [7, 11) is 0. The number of hydrogen-bond donors (Lipinski definition) is 0. The molecule has 0 unspecified atom stereocenters. The van der Waals surface area contributed by atoms with Crippen molar-refractivity contribution in [3.05, 3.63) is 75.0 Å². The molecule has 0 saturated carbocycles. The van der Waals surface area contributed by atoms with Crippen molar-refractivity contribution in [3.8, 4) is 11.7 Å². The first-order valence-electron chi connectivity index (χ1n) is 7.22. The summed E-state index contributed by atoms with van der Waals surface area (Å²) in [6.07, 6.45) is 1.46. The number of rotatable bonds is 3. The Balaban J connectivity index is 1.75. The topological polar surface area (TPSA) is 95.5 Å². The van der Waals surface area contributed by atoms with Crippen LogP contribution in [0.15, 0.2) is 61.1 Å². The summed E-state index contributed by atoms with van der Waals surface area (Å²) in [6.45, 7) is 1.86. The van der Waals surface area contributed by atoms with Gasteiger partial charge in [0, 0.05) is 11.8 Å². The first-order chi connectivity index (χ1) is 11.6. The molecule has 120 valence electrons. The van der Waals surface area contributed by atoms with Gasteiger partial charge in [-0.25, -0.2) is 9.78 Å². The number of furan rings is 1. The molecule has 4 aromatic rings. The Bertz CT molecular complexity index is 1140. The second kappa shape index (κ2) is 5.34. The van der Waals surface area contributed by atoms with Crippen LogP contribution in [0.1, 0.15) is 11.4 Å². The number of nitrogens with zero attached hydrogens (tertiary/aromatic N) is 4. The smallest absolute Gasteiger partial charge is 0.437 e. The molecule has 0 aliphatic carbocycles. The van der Waals surface area contributed by atoms with Crippen molar-refractivity contribution >= 4 is 5.65 Å². The molecule has 4 aromatic heterocycles. The van der Waals surface area contributed by atoms with Gasteiger partial charge in [0.05, 0.1) is 18.5 Å². The van der Waals surface area contributed by atoms with E-state index in [1.807, 2.05) is 19.1 Å². The Kier molecular flexibility index (Phi) is 3.16. The molecule has 0 aromatic carbocycles. The summed E-state index contributed by atoms with van der Waals surface area (Å²) >= 11 is 0. The van der Waals surface area contributed by atoms with Crippen molar-refractivity contribution in [1.82, 2.24) is 19.2 Å². The molecule has 0 saturated heterocycles.